The summed E-state index contributed by atoms with van der Waals surface area (Å²) >= 11 is 1.87. The summed E-state index contributed by atoms with van der Waals surface area (Å²) in [5.74, 6) is 0. The molecule has 0 spiro atoms. The molecule has 2 nitrogen and oxygen atoms in total. The zero-order chi connectivity index (χ0) is 4.00. The van der Waals surface area contributed by atoms with Gasteiger partial charge in [-0.15, -0.1) is 0 Å². The molecule has 0 atom stereocenters. The fourth-order valence-corrected chi connectivity index (χ4v) is 0. The fourth-order valence-electron chi connectivity index (χ4n) is 0. The summed E-state index contributed by atoms with van der Waals surface area (Å²) in [6.07, 6.45) is 0. The van der Waals surface area contributed by atoms with E-state index < -0.39 is 0 Å². The van der Waals surface area contributed by atoms with Crippen molar-refractivity contribution in [2.75, 3.05) is 0 Å². The van der Waals surface area contributed by atoms with Crippen molar-refractivity contribution in [1.82, 2.24) is 0 Å². The van der Waals surface area contributed by atoms with Gasteiger partial charge < -0.3 is 0 Å². The van der Waals surface area contributed by atoms with E-state index in [1.807, 2.05) is 0 Å². The first-order chi connectivity index (χ1) is 2.00. The topological polar surface area (TPSA) is 34.1 Å². The Bertz CT molecular complexity index is 8.00. The second kappa shape index (κ2) is 45.1. The molecule has 4 heteroatoms. The van der Waals surface area contributed by atoms with Gasteiger partial charge in [-0.1, -0.05) is 0 Å². The first-order valence-corrected chi connectivity index (χ1v) is 1.69. The van der Waals surface area contributed by atoms with Gasteiger partial charge >= 0.3 is 43.2 Å². The van der Waals surface area contributed by atoms with Crippen molar-refractivity contribution in [3.63, 3.8) is 0 Å². The van der Waals surface area contributed by atoms with E-state index in [1.54, 1.807) is 0 Å². The molecule has 4 heavy (non-hydrogen) atoms. The number of hydrogen-bond acceptors (Lipinski definition) is 2. The standard InChI is InChI=1S/Al.Mo.2O. The molecule has 21 valence electrons. The molecular formula is AlMoO2. The maximum atomic E-state index is 8.26. The third kappa shape index (κ3) is 13.9. The Morgan fingerprint density at radius 3 is 1.25 bits per heavy atom. The van der Waals surface area contributed by atoms with Crippen molar-refractivity contribution < 1.29 is 27.0 Å². The van der Waals surface area contributed by atoms with Crippen LogP contribution < -0.4 is 0 Å². The molecule has 0 rings (SSSR count). The summed E-state index contributed by atoms with van der Waals surface area (Å²) in [5, 5.41) is 0. The Balaban J connectivity index is 0. The van der Waals surface area contributed by atoms with Crippen LogP contribution in [-0.4, -0.2) is 16.2 Å². The van der Waals surface area contributed by atoms with Crippen LogP contribution in [0.1, 0.15) is 0 Å². The molecule has 0 saturated carbocycles. The van der Waals surface area contributed by atoms with Crippen LogP contribution in [0.15, 0.2) is 0 Å². The van der Waals surface area contributed by atoms with Gasteiger partial charge in [-0.05, 0) is 0 Å². The third-order valence-electron chi connectivity index (χ3n) is 0. The maximum absolute atomic E-state index is 8.26. The monoisotopic (exact) mass is 157 g/mol. The van der Waals surface area contributed by atoms with Crippen LogP contribution in [0.5, 0.6) is 0 Å². The van der Waals surface area contributed by atoms with Gasteiger partial charge in [0.25, 0.3) is 0 Å². The second-order valence-corrected chi connectivity index (χ2v) is 0. The van der Waals surface area contributed by atoms with E-state index in [0.29, 0.717) is 19.8 Å². The van der Waals surface area contributed by atoms with Gasteiger partial charge in [0, 0.05) is 0 Å². The molecule has 0 fully saturated rings. The minimum atomic E-state index is 0.700. The molecule has 0 amide bonds. The Hall–Kier alpha value is 0.821. The summed E-state index contributed by atoms with van der Waals surface area (Å²) in [4.78, 5) is 0. The van der Waals surface area contributed by atoms with E-state index >= 15 is 0 Å². The van der Waals surface area contributed by atoms with Gasteiger partial charge in [-0.2, -0.15) is 0 Å². The SMILES string of the molecule is [O]=[Al].[O]=[Mo]. The van der Waals surface area contributed by atoms with Crippen molar-refractivity contribution in [3.8, 4) is 0 Å². The molecule has 0 aromatic carbocycles. The van der Waals surface area contributed by atoms with E-state index in [1.165, 1.54) is 16.2 Å². The number of hydrogen-bond donors (Lipinski definition) is 0. The van der Waals surface area contributed by atoms with E-state index in [9.17, 15) is 0 Å². The van der Waals surface area contributed by atoms with Gasteiger partial charge in [0.2, 0.25) is 0 Å². The van der Waals surface area contributed by atoms with Gasteiger partial charge in [0.15, 0.2) is 0 Å². The normalized spacial score (nSPS) is 1.75. The molecule has 0 bridgehead atoms. The molecule has 0 N–H and O–H groups in total. The van der Waals surface area contributed by atoms with Crippen LogP contribution in [0, 0.1) is 0 Å². The summed E-state index contributed by atoms with van der Waals surface area (Å²) < 4.78 is 16.4. The molecule has 0 heterocycles. The van der Waals surface area contributed by atoms with Crippen LogP contribution in [0.4, 0.5) is 0 Å². The molecule has 0 aliphatic rings. The third-order valence-corrected chi connectivity index (χ3v) is 0. The van der Waals surface area contributed by atoms with Crippen molar-refractivity contribution in [1.29, 1.82) is 0 Å². The summed E-state index contributed by atoms with van der Waals surface area (Å²) in [5.41, 5.74) is 0. The van der Waals surface area contributed by atoms with E-state index in [-0.39, 0.29) is 0 Å². The van der Waals surface area contributed by atoms with Crippen molar-refractivity contribution in [3.05, 3.63) is 0 Å². The average molecular weight is 155 g/mol. The molecular weight excluding hydrogens is 155 g/mol. The van der Waals surface area contributed by atoms with Gasteiger partial charge in [0.05, 0.1) is 0 Å². The molecule has 0 saturated heterocycles. The zero-order valence-electron chi connectivity index (χ0n) is 1.80. The molecule has 0 unspecified atom stereocenters. The van der Waals surface area contributed by atoms with Crippen molar-refractivity contribution in [2.45, 2.75) is 0 Å². The van der Waals surface area contributed by atoms with E-state index in [4.69, 9.17) is 7.20 Å². The summed E-state index contributed by atoms with van der Waals surface area (Å²) in [6.45, 7) is 0. The molecule has 0 aliphatic heterocycles. The first-order valence-electron chi connectivity index (χ1n) is 0.402. The number of rotatable bonds is 0. The van der Waals surface area contributed by atoms with E-state index in [2.05, 4.69) is 0 Å². The molecule has 0 aromatic heterocycles. The van der Waals surface area contributed by atoms with E-state index in [0.717, 1.165) is 0 Å². The van der Waals surface area contributed by atoms with Crippen LogP contribution in [-0.2, 0) is 27.0 Å². The van der Waals surface area contributed by atoms with Crippen LogP contribution >= 0.6 is 0 Å². The summed E-state index contributed by atoms with van der Waals surface area (Å²) in [6, 6.07) is 0. The Labute approximate surface area is 43.4 Å². The fraction of sp³-hybridized carbons (Fsp3) is 0. The Morgan fingerprint density at radius 2 is 1.25 bits per heavy atom. The second-order valence-electron chi connectivity index (χ2n) is 0. The zero-order valence-corrected chi connectivity index (χ0v) is 4.96. The van der Waals surface area contributed by atoms with Gasteiger partial charge in [-0.25, -0.2) is 0 Å². The minimum absolute atomic E-state index is 0.700. The molecule has 1 radical (unpaired) electrons. The van der Waals surface area contributed by atoms with Gasteiger partial charge in [0.1, 0.15) is 0 Å². The van der Waals surface area contributed by atoms with Crippen LogP contribution in [0.3, 0.4) is 0 Å². The summed E-state index contributed by atoms with van der Waals surface area (Å²) in [7, 11) is 0. The predicted octanol–water partition coefficient (Wildman–Crippen LogP) is -0.621. The van der Waals surface area contributed by atoms with Crippen LogP contribution in [0.25, 0.3) is 0 Å². The van der Waals surface area contributed by atoms with Crippen LogP contribution in [0.2, 0.25) is 0 Å². The predicted molar refractivity (Wildman–Crippen MR) is 7.13 cm³/mol. The van der Waals surface area contributed by atoms with Crippen molar-refractivity contribution >= 4 is 16.2 Å². The molecule has 0 aromatic rings. The Morgan fingerprint density at radius 1 is 1.25 bits per heavy atom. The first kappa shape index (κ1) is 8.84. The Kier molecular flexibility index (Phi) is 99.8. The molecule has 0 aliphatic carbocycles. The van der Waals surface area contributed by atoms with Crippen molar-refractivity contribution in [2.24, 2.45) is 0 Å². The average Bonchev–Trinajstić information content (AvgIpc) is 1.50. The van der Waals surface area contributed by atoms with Gasteiger partial charge in [-0.3, -0.25) is 0 Å². The quantitative estimate of drug-likeness (QED) is 0.436.